The van der Waals surface area contributed by atoms with Crippen molar-refractivity contribution >= 4 is 0 Å². The first-order valence-electron chi connectivity index (χ1n) is 4.91. The summed E-state index contributed by atoms with van der Waals surface area (Å²) >= 11 is 0. The SMILES string of the molecule is OC1CO[C@@H](COCc2ccccc2)O1. The largest absolute Gasteiger partial charge is 0.371 e. The highest BCUT2D eigenvalue weighted by Crippen LogP contribution is 2.10. The molecule has 0 aliphatic carbocycles. The minimum absolute atomic E-state index is 0.222. The van der Waals surface area contributed by atoms with E-state index in [1.807, 2.05) is 30.3 Å². The highest BCUT2D eigenvalue weighted by Gasteiger charge is 2.23. The van der Waals surface area contributed by atoms with E-state index in [9.17, 15) is 0 Å². The van der Waals surface area contributed by atoms with Crippen molar-refractivity contribution in [3.8, 4) is 0 Å². The van der Waals surface area contributed by atoms with Gasteiger partial charge >= 0.3 is 0 Å². The van der Waals surface area contributed by atoms with Gasteiger partial charge in [-0.05, 0) is 5.56 Å². The topological polar surface area (TPSA) is 47.9 Å². The van der Waals surface area contributed by atoms with E-state index < -0.39 is 12.6 Å². The quantitative estimate of drug-likeness (QED) is 0.802. The van der Waals surface area contributed by atoms with E-state index >= 15 is 0 Å². The number of ether oxygens (including phenoxy) is 3. The Morgan fingerprint density at radius 3 is 2.80 bits per heavy atom. The van der Waals surface area contributed by atoms with Crippen LogP contribution in [0.15, 0.2) is 30.3 Å². The molecule has 0 bridgehead atoms. The zero-order valence-corrected chi connectivity index (χ0v) is 8.33. The van der Waals surface area contributed by atoms with Crippen LogP contribution in [0.1, 0.15) is 5.56 Å². The molecule has 1 N–H and O–H groups in total. The first kappa shape index (κ1) is 10.6. The van der Waals surface area contributed by atoms with E-state index in [2.05, 4.69) is 0 Å². The van der Waals surface area contributed by atoms with Gasteiger partial charge in [0.2, 0.25) is 0 Å². The van der Waals surface area contributed by atoms with Gasteiger partial charge < -0.3 is 19.3 Å². The fourth-order valence-electron chi connectivity index (χ4n) is 1.38. The summed E-state index contributed by atoms with van der Waals surface area (Å²) in [6.07, 6.45) is -1.25. The normalized spacial score (nSPS) is 25.7. The van der Waals surface area contributed by atoms with Gasteiger partial charge in [-0.1, -0.05) is 30.3 Å². The molecule has 1 saturated heterocycles. The second-order valence-electron chi connectivity index (χ2n) is 3.35. The van der Waals surface area contributed by atoms with Gasteiger partial charge in [-0.2, -0.15) is 0 Å². The maximum Gasteiger partial charge on any atom is 0.184 e. The molecule has 1 aliphatic heterocycles. The van der Waals surface area contributed by atoms with Crippen LogP contribution in [0.2, 0.25) is 0 Å². The lowest BCUT2D eigenvalue weighted by Gasteiger charge is -2.09. The molecule has 1 unspecified atom stereocenters. The van der Waals surface area contributed by atoms with Crippen molar-refractivity contribution in [3.05, 3.63) is 35.9 Å². The van der Waals surface area contributed by atoms with Gasteiger partial charge in [0.15, 0.2) is 12.6 Å². The molecular formula is C11H14O4. The molecule has 1 aromatic rings. The molecule has 15 heavy (non-hydrogen) atoms. The summed E-state index contributed by atoms with van der Waals surface area (Å²) in [6.45, 7) is 1.09. The average molecular weight is 210 g/mol. The van der Waals surface area contributed by atoms with Gasteiger partial charge in [0, 0.05) is 0 Å². The molecule has 1 heterocycles. The van der Waals surface area contributed by atoms with E-state index in [1.165, 1.54) is 0 Å². The molecule has 1 aromatic carbocycles. The van der Waals surface area contributed by atoms with Crippen LogP contribution in [0.25, 0.3) is 0 Å². The molecule has 0 spiro atoms. The fraction of sp³-hybridized carbons (Fsp3) is 0.455. The van der Waals surface area contributed by atoms with Crippen LogP contribution in [0, 0.1) is 0 Å². The Kier molecular flexibility index (Phi) is 3.69. The number of rotatable bonds is 4. The lowest BCUT2D eigenvalue weighted by Crippen LogP contribution is -2.17. The third kappa shape index (κ3) is 3.28. The van der Waals surface area contributed by atoms with Gasteiger partial charge in [0.05, 0.1) is 13.2 Å². The molecule has 0 aromatic heterocycles. The zero-order valence-electron chi connectivity index (χ0n) is 8.33. The first-order valence-corrected chi connectivity index (χ1v) is 4.91. The van der Waals surface area contributed by atoms with Crippen molar-refractivity contribution < 1.29 is 19.3 Å². The van der Waals surface area contributed by atoms with E-state index in [4.69, 9.17) is 19.3 Å². The molecule has 2 atom stereocenters. The molecule has 1 aliphatic rings. The van der Waals surface area contributed by atoms with Crippen LogP contribution in [0.5, 0.6) is 0 Å². The van der Waals surface area contributed by atoms with E-state index in [0.717, 1.165) is 5.56 Å². The molecule has 4 heteroatoms. The van der Waals surface area contributed by atoms with Crippen LogP contribution < -0.4 is 0 Å². The summed E-state index contributed by atoms with van der Waals surface area (Å²) in [6, 6.07) is 9.87. The van der Waals surface area contributed by atoms with E-state index in [0.29, 0.717) is 13.2 Å². The van der Waals surface area contributed by atoms with Crippen LogP contribution in [0.3, 0.4) is 0 Å². The van der Waals surface area contributed by atoms with Gasteiger partial charge in [-0.25, -0.2) is 0 Å². The monoisotopic (exact) mass is 210 g/mol. The van der Waals surface area contributed by atoms with Gasteiger partial charge in [-0.15, -0.1) is 0 Å². The molecule has 0 saturated carbocycles. The van der Waals surface area contributed by atoms with Crippen molar-refractivity contribution in [2.24, 2.45) is 0 Å². The van der Waals surface area contributed by atoms with Crippen LogP contribution >= 0.6 is 0 Å². The van der Waals surface area contributed by atoms with E-state index in [-0.39, 0.29) is 6.61 Å². The predicted octanol–water partition coefficient (Wildman–Crippen LogP) is 0.894. The Morgan fingerprint density at radius 2 is 2.13 bits per heavy atom. The minimum Gasteiger partial charge on any atom is -0.371 e. The predicted molar refractivity (Wildman–Crippen MR) is 52.9 cm³/mol. The molecule has 2 rings (SSSR count). The Hall–Kier alpha value is -0.940. The smallest absolute Gasteiger partial charge is 0.184 e. The fourth-order valence-corrected chi connectivity index (χ4v) is 1.38. The van der Waals surface area contributed by atoms with Crippen LogP contribution in [-0.4, -0.2) is 30.9 Å². The lowest BCUT2D eigenvalue weighted by atomic mass is 10.2. The molecule has 0 radical (unpaired) electrons. The maximum absolute atomic E-state index is 9.01. The number of benzene rings is 1. The Morgan fingerprint density at radius 1 is 1.33 bits per heavy atom. The average Bonchev–Trinajstić information content (AvgIpc) is 2.66. The number of hydrogen-bond donors (Lipinski definition) is 1. The van der Waals surface area contributed by atoms with Crippen LogP contribution in [-0.2, 0) is 20.8 Å². The summed E-state index contributed by atoms with van der Waals surface area (Å²) in [5, 5.41) is 9.01. The summed E-state index contributed by atoms with van der Waals surface area (Å²) in [4.78, 5) is 0. The minimum atomic E-state index is -0.810. The van der Waals surface area contributed by atoms with Crippen molar-refractivity contribution in [2.75, 3.05) is 13.2 Å². The lowest BCUT2D eigenvalue weighted by molar-refractivity contribution is -0.144. The number of hydrogen-bond acceptors (Lipinski definition) is 4. The first-order chi connectivity index (χ1) is 7.34. The third-order valence-corrected chi connectivity index (χ3v) is 2.10. The summed E-state index contributed by atoms with van der Waals surface area (Å²) in [5.74, 6) is 0. The number of aliphatic hydroxyl groups is 1. The van der Waals surface area contributed by atoms with E-state index in [1.54, 1.807) is 0 Å². The number of aliphatic hydroxyl groups excluding tert-OH is 1. The van der Waals surface area contributed by atoms with Crippen molar-refractivity contribution in [3.63, 3.8) is 0 Å². The molecule has 1 fully saturated rings. The Labute approximate surface area is 88.4 Å². The second-order valence-corrected chi connectivity index (χ2v) is 3.35. The summed E-state index contributed by atoms with van der Waals surface area (Å²) < 4.78 is 15.5. The highest BCUT2D eigenvalue weighted by molar-refractivity contribution is 5.13. The second kappa shape index (κ2) is 5.23. The maximum atomic E-state index is 9.01. The Balaban J connectivity index is 1.67. The summed E-state index contributed by atoms with van der Waals surface area (Å²) in [7, 11) is 0. The summed E-state index contributed by atoms with van der Waals surface area (Å²) in [5.41, 5.74) is 1.11. The Bertz CT molecular complexity index is 288. The third-order valence-electron chi connectivity index (χ3n) is 2.10. The van der Waals surface area contributed by atoms with Crippen LogP contribution in [0.4, 0.5) is 0 Å². The van der Waals surface area contributed by atoms with Crippen molar-refractivity contribution in [1.82, 2.24) is 0 Å². The highest BCUT2D eigenvalue weighted by atomic mass is 16.8. The molecular weight excluding hydrogens is 196 g/mol. The van der Waals surface area contributed by atoms with Gasteiger partial charge in [0.1, 0.15) is 6.61 Å². The van der Waals surface area contributed by atoms with Crippen molar-refractivity contribution in [1.29, 1.82) is 0 Å². The molecule has 82 valence electrons. The molecule has 4 nitrogen and oxygen atoms in total. The van der Waals surface area contributed by atoms with Crippen molar-refractivity contribution in [2.45, 2.75) is 19.2 Å². The standard InChI is InChI=1S/C11H14O4/c12-10-7-14-11(15-10)8-13-6-9-4-2-1-3-5-9/h1-5,10-12H,6-8H2/t10?,11-/m1/s1. The van der Waals surface area contributed by atoms with Gasteiger partial charge in [-0.3, -0.25) is 0 Å². The zero-order chi connectivity index (χ0) is 10.5. The molecule has 0 amide bonds. The van der Waals surface area contributed by atoms with Gasteiger partial charge in [0.25, 0.3) is 0 Å².